The molecule has 0 radical (unpaired) electrons. The lowest BCUT2D eigenvalue weighted by molar-refractivity contribution is -0.123. The van der Waals surface area contributed by atoms with E-state index in [4.69, 9.17) is 0 Å². The van der Waals surface area contributed by atoms with E-state index in [2.05, 4.69) is 31.9 Å². The first-order valence-corrected chi connectivity index (χ1v) is 8.79. The van der Waals surface area contributed by atoms with E-state index < -0.39 is 0 Å². The van der Waals surface area contributed by atoms with Crippen molar-refractivity contribution < 1.29 is 14.7 Å². The molecule has 1 aromatic rings. The molecule has 3 fully saturated rings. The van der Waals surface area contributed by atoms with Crippen molar-refractivity contribution >= 4 is 49.4 Å². The van der Waals surface area contributed by atoms with Gasteiger partial charge >= 0.3 is 0 Å². The lowest BCUT2D eigenvalue weighted by atomic mass is 9.81. The number of phenols is 1. The van der Waals surface area contributed by atoms with Crippen LogP contribution < -0.4 is 4.90 Å². The van der Waals surface area contributed by atoms with E-state index >= 15 is 0 Å². The Bertz CT molecular complexity index is 618. The first-order valence-electron chi connectivity index (χ1n) is 6.95. The van der Waals surface area contributed by atoms with E-state index in [9.17, 15) is 14.7 Å². The van der Waals surface area contributed by atoms with Crippen LogP contribution in [-0.2, 0) is 9.59 Å². The van der Waals surface area contributed by atoms with Crippen LogP contribution in [0.3, 0.4) is 0 Å². The van der Waals surface area contributed by atoms with Gasteiger partial charge in [-0.3, -0.25) is 9.59 Å². The number of anilines is 1. The van der Waals surface area contributed by atoms with Gasteiger partial charge in [-0.15, -0.1) is 0 Å². The van der Waals surface area contributed by atoms with Crippen molar-refractivity contribution in [1.82, 2.24) is 0 Å². The second-order valence-corrected chi connectivity index (χ2v) is 8.15. The molecular weight excluding hydrogens is 402 g/mol. The number of halogens is 2. The predicted molar refractivity (Wildman–Crippen MR) is 84.6 cm³/mol. The quantitative estimate of drug-likeness (QED) is 0.567. The largest absolute Gasteiger partial charge is 0.508 e. The number of amides is 2. The molecule has 1 N–H and O–H groups in total. The number of nitrogens with zero attached hydrogens (tertiary/aromatic N) is 1. The standard InChI is InChI=1S/C15H13Br2NO3/c16-12-8-5-9(13(12)17)11-10(8)14(20)18(15(11)21)6-2-1-3-7(19)4-6/h1-4,8-13,19H,5H2/t8-,9-,10-,11-,12+,13+/m1/s1. The Morgan fingerprint density at radius 2 is 1.62 bits per heavy atom. The highest BCUT2D eigenvalue weighted by Crippen LogP contribution is 2.60. The summed E-state index contributed by atoms with van der Waals surface area (Å²) in [4.78, 5) is 27.2. The van der Waals surface area contributed by atoms with E-state index in [0.717, 1.165) is 6.42 Å². The van der Waals surface area contributed by atoms with Crippen molar-refractivity contribution in [3.8, 4) is 5.75 Å². The number of aromatic hydroxyl groups is 1. The molecule has 2 amide bonds. The normalized spacial score (nSPS) is 41.0. The van der Waals surface area contributed by atoms with Crippen LogP contribution in [0.25, 0.3) is 0 Å². The minimum absolute atomic E-state index is 0.0601. The highest BCUT2D eigenvalue weighted by molar-refractivity contribution is 9.12. The molecule has 2 bridgehead atoms. The van der Waals surface area contributed by atoms with Gasteiger partial charge in [0.1, 0.15) is 5.75 Å². The van der Waals surface area contributed by atoms with Gasteiger partial charge in [-0.1, -0.05) is 37.9 Å². The van der Waals surface area contributed by atoms with Crippen LogP contribution in [0, 0.1) is 23.7 Å². The highest BCUT2D eigenvalue weighted by Gasteiger charge is 2.66. The monoisotopic (exact) mass is 413 g/mol. The number of imide groups is 1. The summed E-state index contributed by atoms with van der Waals surface area (Å²) in [7, 11) is 0. The van der Waals surface area contributed by atoms with Gasteiger partial charge in [-0.2, -0.15) is 0 Å². The van der Waals surface area contributed by atoms with E-state index in [1.54, 1.807) is 12.1 Å². The number of alkyl halides is 2. The van der Waals surface area contributed by atoms with Gasteiger partial charge < -0.3 is 5.11 Å². The zero-order chi connectivity index (χ0) is 14.9. The van der Waals surface area contributed by atoms with Crippen molar-refractivity contribution in [3.05, 3.63) is 24.3 Å². The molecule has 0 unspecified atom stereocenters. The van der Waals surface area contributed by atoms with E-state index in [1.807, 2.05) is 0 Å². The lowest BCUT2D eigenvalue weighted by Gasteiger charge is -2.28. The Labute approximate surface area is 138 Å². The molecule has 4 rings (SSSR count). The van der Waals surface area contributed by atoms with Gasteiger partial charge in [-0.05, 0) is 30.4 Å². The third kappa shape index (κ3) is 1.72. The average molecular weight is 415 g/mol. The molecule has 21 heavy (non-hydrogen) atoms. The molecular formula is C15H13Br2NO3. The molecule has 4 nitrogen and oxygen atoms in total. The van der Waals surface area contributed by atoms with Crippen LogP contribution >= 0.6 is 31.9 Å². The molecule has 1 heterocycles. The van der Waals surface area contributed by atoms with Crippen molar-refractivity contribution in [3.63, 3.8) is 0 Å². The van der Waals surface area contributed by atoms with Crippen molar-refractivity contribution in [2.75, 3.05) is 4.90 Å². The molecule has 3 aliphatic rings. The van der Waals surface area contributed by atoms with E-state index in [1.165, 1.54) is 17.0 Å². The second kappa shape index (κ2) is 4.56. The molecule has 1 saturated heterocycles. The number of carbonyl (C=O) groups excluding carboxylic acids is 2. The minimum atomic E-state index is -0.219. The predicted octanol–water partition coefficient (Wildman–Crippen LogP) is 2.67. The molecule has 1 aromatic carbocycles. The summed E-state index contributed by atoms with van der Waals surface area (Å²) < 4.78 is 0. The van der Waals surface area contributed by atoms with Crippen molar-refractivity contribution in [1.29, 1.82) is 0 Å². The van der Waals surface area contributed by atoms with Crippen LogP contribution in [-0.4, -0.2) is 26.6 Å². The van der Waals surface area contributed by atoms with Crippen LogP contribution in [0.1, 0.15) is 6.42 Å². The highest BCUT2D eigenvalue weighted by atomic mass is 79.9. The summed E-state index contributed by atoms with van der Waals surface area (Å²) in [6.07, 6.45) is 0.923. The summed E-state index contributed by atoms with van der Waals surface area (Å²) in [5.74, 6) is -0.193. The first-order chi connectivity index (χ1) is 10.0. The van der Waals surface area contributed by atoms with Gasteiger partial charge in [0.15, 0.2) is 0 Å². The number of hydrogen-bond acceptors (Lipinski definition) is 3. The third-order valence-electron chi connectivity index (χ3n) is 5.08. The van der Waals surface area contributed by atoms with E-state index in [0.29, 0.717) is 5.69 Å². The molecule has 110 valence electrons. The summed E-state index contributed by atoms with van der Waals surface area (Å²) in [5, 5.41) is 9.59. The molecule has 2 saturated carbocycles. The Kier molecular flexibility index (Phi) is 2.99. The summed E-state index contributed by atoms with van der Waals surface area (Å²) in [6, 6.07) is 6.34. The molecule has 6 atom stereocenters. The van der Waals surface area contributed by atoms with E-state index in [-0.39, 0.29) is 50.9 Å². The average Bonchev–Trinajstić information content (AvgIpc) is 3.04. The third-order valence-corrected chi connectivity index (χ3v) is 8.28. The molecule has 2 aliphatic carbocycles. The van der Waals surface area contributed by atoms with Crippen LogP contribution in [0.15, 0.2) is 24.3 Å². The number of fused-ring (bicyclic) bond motifs is 5. The molecule has 0 spiro atoms. The fourth-order valence-corrected chi connectivity index (χ4v) is 6.11. The zero-order valence-electron chi connectivity index (χ0n) is 10.9. The van der Waals surface area contributed by atoms with Gasteiger partial charge in [0.05, 0.1) is 17.5 Å². The summed E-state index contributed by atoms with van der Waals surface area (Å²) in [6.45, 7) is 0. The number of carbonyl (C=O) groups is 2. The fourth-order valence-electron chi connectivity index (χ4n) is 4.24. The minimum Gasteiger partial charge on any atom is -0.508 e. The van der Waals surface area contributed by atoms with Gasteiger partial charge in [-0.25, -0.2) is 4.90 Å². The summed E-state index contributed by atoms with van der Waals surface area (Å²) in [5.41, 5.74) is 0.469. The van der Waals surface area contributed by atoms with Crippen LogP contribution in [0.5, 0.6) is 5.75 Å². The number of hydrogen-bond donors (Lipinski definition) is 1. The Morgan fingerprint density at radius 3 is 2.14 bits per heavy atom. The van der Waals surface area contributed by atoms with Crippen molar-refractivity contribution in [2.24, 2.45) is 23.7 Å². The SMILES string of the molecule is O=C1[C@@H]2[C@H]3C[C@@H]([C@H](Br)[C@H]3Br)[C@H]2C(=O)N1c1cccc(O)c1. The second-order valence-electron chi connectivity index (χ2n) is 6.04. The Balaban J connectivity index is 1.75. The number of rotatable bonds is 1. The Hall–Kier alpha value is -0.880. The smallest absolute Gasteiger partial charge is 0.238 e. The maximum absolute atomic E-state index is 12.7. The van der Waals surface area contributed by atoms with Gasteiger partial charge in [0.25, 0.3) is 0 Å². The number of benzene rings is 1. The molecule has 1 aliphatic heterocycles. The van der Waals surface area contributed by atoms with Gasteiger partial charge in [0.2, 0.25) is 11.8 Å². The maximum atomic E-state index is 12.7. The molecule has 6 heteroatoms. The van der Waals surface area contributed by atoms with Crippen LogP contribution in [0.2, 0.25) is 0 Å². The topological polar surface area (TPSA) is 57.6 Å². The summed E-state index contributed by atoms with van der Waals surface area (Å²) >= 11 is 7.33. The van der Waals surface area contributed by atoms with Crippen LogP contribution in [0.4, 0.5) is 5.69 Å². The lowest BCUT2D eigenvalue weighted by Crippen LogP contribution is -2.37. The fraction of sp³-hybridized carbons (Fsp3) is 0.467. The Morgan fingerprint density at radius 1 is 1.05 bits per heavy atom. The molecule has 0 aromatic heterocycles. The van der Waals surface area contributed by atoms with Crippen molar-refractivity contribution in [2.45, 2.75) is 16.1 Å². The maximum Gasteiger partial charge on any atom is 0.238 e. The van der Waals surface area contributed by atoms with Gasteiger partial charge in [0, 0.05) is 15.7 Å². The first kappa shape index (κ1) is 13.8. The zero-order valence-corrected chi connectivity index (χ0v) is 14.1. The number of phenolic OH excluding ortho intramolecular Hbond substituents is 1.